The number of allylic oxidation sites excluding steroid dienone is 4. The second-order valence-electron chi connectivity index (χ2n) is 4.40. The molecule has 0 spiro atoms. The predicted molar refractivity (Wildman–Crippen MR) is 85.6 cm³/mol. The molecule has 0 heterocycles. The quantitative estimate of drug-likeness (QED) is 0.667. The van der Waals surface area contributed by atoms with Crippen LogP contribution in [0.25, 0.3) is 0 Å². The van der Waals surface area contributed by atoms with Crippen molar-refractivity contribution in [3.05, 3.63) is 36.1 Å². The van der Waals surface area contributed by atoms with Gasteiger partial charge in [-0.25, -0.2) is 0 Å². The molecule has 1 N–H and O–H groups in total. The lowest BCUT2D eigenvalue weighted by Crippen LogP contribution is -2.22. The average molecular weight is 262 g/mol. The van der Waals surface area contributed by atoms with Crippen molar-refractivity contribution in [2.75, 3.05) is 6.54 Å². The zero-order valence-electron chi connectivity index (χ0n) is 13.5. The molecule has 0 bridgehead atoms. The maximum Gasteiger partial charge on any atom is 0.0674 e. The van der Waals surface area contributed by atoms with Crippen LogP contribution in [-0.4, -0.2) is 6.54 Å². The Morgan fingerprint density at radius 3 is 2.32 bits per heavy atom. The molecule has 0 aliphatic rings. The summed E-state index contributed by atoms with van der Waals surface area (Å²) in [6.07, 6.45) is 6.96. The number of nitrogens with one attached hydrogen (secondary N) is 1. The Morgan fingerprint density at radius 1 is 1.37 bits per heavy atom. The maximum absolute atomic E-state index is 8.88. The van der Waals surface area contributed by atoms with E-state index in [1.807, 2.05) is 39.8 Å². The van der Waals surface area contributed by atoms with Crippen LogP contribution in [0.5, 0.6) is 0 Å². The molecule has 0 aliphatic heterocycles. The van der Waals surface area contributed by atoms with E-state index in [-0.39, 0.29) is 5.92 Å². The molecule has 0 aliphatic carbocycles. The van der Waals surface area contributed by atoms with Gasteiger partial charge in [0.2, 0.25) is 0 Å². The average Bonchev–Trinajstić information content (AvgIpc) is 2.42. The van der Waals surface area contributed by atoms with Gasteiger partial charge < -0.3 is 5.32 Å². The van der Waals surface area contributed by atoms with E-state index in [0.717, 1.165) is 12.1 Å². The molecule has 0 aromatic heterocycles. The van der Waals surface area contributed by atoms with Gasteiger partial charge in [-0.3, -0.25) is 0 Å². The summed E-state index contributed by atoms with van der Waals surface area (Å²) < 4.78 is 0. The third kappa shape index (κ3) is 9.13. The highest BCUT2D eigenvalue weighted by atomic mass is 14.9. The summed E-state index contributed by atoms with van der Waals surface area (Å²) in [5.74, 6) is 0.482. The van der Waals surface area contributed by atoms with Crippen LogP contribution in [0.4, 0.5) is 0 Å². The SMILES string of the molecule is C=C(NCC(C#N)CC)/C(=C/C=C\C)C(C)C.CC. The molecular weight excluding hydrogens is 232 g/mol. The van der Waals surface area contributed by atoms with Gasteiger partial charge >= 0.3 is 0 Å². The fraction of sp³-hybridized carbons (Fsp3) is 0.588. The Balaban J connectivity index is 0. The van der Waals surface area contributed by atoms with E-state index in [0.29, 0.717) is 12.5 Å². The van der Waals surface area contributed by atoms with Crippen LogP contribution in [0.15, 0.2) is 36.1 Å². The largest absolute Gasteiger partial charge is 0.384 e. The van der Waals surface area contributed by atoms with Gasteiger partial charge in [0.05, 0.1) is 12.0 Å². The summed E-state index contributed by atoms with van der Waals surface area (Å²) in [6.45, 7) is 17.0. The topological polar surface area (TPSA) is 35.8 Å². The number of rotatable bonds is 7. The Bertz CT molecular complexity index is 330. The van der Waals surface area contributed by atoms with Gasteiger partial charge in [-0.15, -0.1) is 0 Å². The summed E-state index contributed by atoms with van der Waals surface area (Å²) in [5.41, 5.74) is 2.11. The smallest absolute Gasteiger partial charge is 0.0674 e. The minimum absolute atomic E-state index is 0.0573. The molecule has 0 amide bonds. The lowest BCUT2D eigenvalue weighted by atomic mass is 9.99. The Morgan fingerprint density at radius 2 is 1.95 bits per heavy atom. The van der Waals surface area contributed by atoms with Gasteiger partial charge in [0.25, 0.3) is 0 Å². The fourth-order valence-electron chi connectivity index (χ4n) is 1.47. The molecule has 0 saturated heterocycles. The normalized spacial score (nSPS) is 12.6. The van der Waals surface area contributed by atoms with E-state index in [4.69, 9.17) is 5.26 Å². The van der Waals surface area contributed by atoms with Crippen molar-refractivity contribution in [2.45, 2.75) is 48.0 Å². The highest BCUT2D eigenvalue weighted by Crippen LogP contribution is 2.16. The molecule has 108 valence electrons. The van der Waals surface area contributed by atoms with Crippen LogP contribution in [0, 0.1) is 23.2 Å². The van der Waals surface area contributed by atoms with E-state index in [2.05, 4.69) is 37.9 Å². The molecule has 0 aromatic rings. The van der Waals surface area contributed by atoms with Crippen molar-refractivity contribution in [3.8, 4) is 6.07 Å². The van der Waals surface area contributed by atoms with Crippen molar-refractivity contribution < 1.29 is 0 Å². The van der Waals surface area contributed by atoms with Gasteiger partial charge in [0.1, 0.15) is 0 Å². The molecule has 0 rings (SSSR count). The minimum atomic E-state index is 0.0573. The lowest BCUT2D eigenvalue weighted by Gasteiger charge is -2.17. The van der Waals surface area contributed by atoms with E-state index in [1.165, 1.54) is 5.57 Å². The molecule has 0 fully saturated rings. The zero-order chi connectivity index (χ0) is 15.3. The molecule has 2 heteroatoms. The van der Waals surface area contributed by atoms with Crippen LogP contribution in [0.2, 0.25) is 0 Å². The molecular formula is C17H30N2. The first-order valence-corrected chi connectivity index (χ1v) is 7.22. The van der Waals surface area contributed by atoms with Crippen molar-refractivity contribution in [2.24, 2.45) is 11.8 Å². The molecule has 0 saturated carbocycles. The second kappa shape index (κ2) is 13.0. The van der Waals surface area contributed by atoms with Crippen LogP contribution < -0.4 is 5.32 Å². The monoisotopic (exact) mass is 262 g/mol. The third-order valence-electron chi connectivity index (χ3n) is 2.68. The number of nitrogens with zero attached hydrogens (tertiary/aromatic N) is 1. The van der Waals surface area contributed by atoms with E-state index in [1.54, 1.807) is 0 Å². The molecule has 1 unspecified atom stereocenters. The molecule has 0 radical (unpaired) electrons. The van der Waals surface area contributed by atoms with Gasteiger partial charge in [0.15, 0.2) is 0 Å². The van der Waals surface area contributed by atoms with Crippen molar-refractivity contribution in [1.29, 1.82) is 5.26 Å². The second-order valence-corrected chi connectivity index (χ2v) is 4.40. The van der Waals surface area contributed by atoms with Gasteiger partial charge in [-0.1, -0.05) is 59.4 Å². The zero-order valence-corrected chi connectivity index (χ0v) is 13.5. The van der Waals surface area contributed by atoms with Crippen LogP contribution in [0.3, 0.4) is 0 Å². The summed E-state index contributed by atoms with van der Waals surface area (Å²) in [4.78, 5) is 0. The number of hydrogen-bond acceptors (Lipinski definition) is 2. The number of nitriles is 1. The Labute approximate surface area is 119 Å². The minimum Gasteiger partial charge on any atom is -0.384 e. The van der Waals surface area contributed by atoms with E-state index in [9.17, 15) is 0 Å². The van der Waals surface area contributed by atoms with Crippen LogP contribution in [0.1, 0.15) is 48.0 Å². The summed E-state index contributed by atoms with van der Waals surface area (Å²) >= 11 is 0. The molecule has 19 heavy (non-hydrogen) atoms. The predicted octanol–water partition coefficient (Wildman–Crippen LogP) is 4.82. The fourth-order valence-corrected chi connectivity index (χ4v) is 1.47. The van der Waals surface area contributed by atoms with Gasteiger partial charge in [0, 0.05) is 12.2 Å². The Hall–Kier alpha value is -1.49. The first-order chi connectivity index (χ1) is 9.06. The van der Waals surface area contributed by atoms with Crippen LogP contribution >= 0.6 is 0 Å². The van der Waals surface area contributed by atoms with Gasteiger partial charge in [-0.2, -0.15) is 5.26 Å². The van der Waals surface area contributed by atoms with Gasteiger partial charge in [-0.05, 0) is 24.8 Å². The summed E-state index contributed by atoms with van der Waals surface area (Å²) in [6, 6.07) is 2.28. The Kier molecular flexibility index (Phi) is 13.5. The maximum atomic E-state index is 8.88. The first kappa shape index (κ1) is 19.8. The number of hydrogen-bond donors (Lipinski definition) is 1. The van der Waals surface area contributed by atoms with Crippen LogP contribution in [-0.2, 0) is 0 Å². The van der Waals surface area contributed by atoms with Crippen molar-refractivity contribution >= 4 is 0 Å². The summed E-state index contributed by atoms with van der Waals surface area (Å²) in [7, 11) is 0. The van der Waals surface area contributed by atoms with Crippen molar-refractivity contribution in [1.82, 2.24) is 5.32 Å². The third-order valence-corrected chi connectivity index (χ3v) is 2.68. The molecule has 0 aromatic carbocycles. The highest BCUT2D eigenvalue weighted by Gasteiger charge is 2.09. The standard InChI is InChI=1S/C15H24N2.C2H6/c1-6-8-9-15(12(3)4)13(5)17-11-14(7-2)10-16;1-2/h6,8-9,12,14,17H,5,7,11H2,1-4H3;1-2H3/b8-6-,15-9+;. The molecule has 2 nitrogen and oxygen atoms in total. The summed E-state index contributed by atoms with van der Waals surface area (Å²) in [5, 5.41) is 12.1. The first-order valence-electron chi connectivity index (χ1n) is 7.22. The van der Waals surface area contributed by atoms with E-state index < -0.39 is 0 Å². The van der Waals surface area contributed by atoms with Crippen molar-refractivity contribution in [3.63, 3.8) is 0 Å². The van der Waals surface area contributed by atoms with E-state index >= 15 is 0 Å². The lowest BCUT2D eigenvalue weighted by molar-refractivity contribution is 0.589. The highest BCUT2D eigenvalue weighted by molar-refractivity contribution is 5.31. The molecule has 1 atom stereocenters.